The smallest absolute Gasteiger partial charge is 0.264 e. The molecule has 0 radical (unpaired) electrons. The second-order valence-corrected chi connectivity index (χ2v) is 10.6. The second kappa shape index (κ2) is 9.87. The SMILES string of the molecule is Cc1ccc(N(C)S(=O)(=O)c2cccc(C(=O)Nc3ccc(N4CCN(C)CC4)cc3)c2)cc1. The molecule has 0 saturated carbocycles. The maximum atomic E-state index is 13.1. The minimum atomic E-state index is -3.81. The normalized spacial score (nSPS) is 14.6. The second-order valence-electron chi connectivity index (χ2n) is 8.63. The molecule has 7 nitrogen and oxygen atoms in total. The third-order valence-corrected chi connectivity index (χ3v) is 7.93. The van der Waals surface area contributed by atoms with E-state index in [0.717, 1.165) is 37.4 Å². The van der Waals surface area contributed by atoms with E-state index in [4.69, 9.17) is 0 Å². The summed E-state index contributed by atoms with van der Waals surface area (Å²) in [6, 6.07) is 21.1. The van der Waals surface area contributed by atoms with Crippen LogP contribution in [0.2, 0.25) is 0 Å². The Morgan fingerprint density at radius 1 is 0.912 bits per heavy atom. The van der Waals surface area contributed by atoms with Crippen molar-refractivity contribution < 1.29 is 13.2 Å². The molecular weight excluding hydrogens is 448 g/mol. The monoisotopic (exact) mass is 478 g/mol. The number of benzene rings is 3. The van der Waals surface area contributed by atoms with Crippen LogP contribution in [0.4, 0.5) is 17.1 Å². The largest absolute Gasteiger partial charge is 0.369 e. The number of carbonyl (C=O) groups is 1. The van der Waals surface area contributed by atoms with E-state index in [1.807, 2.05) is 43.3 Å². The molecule has 1 heterocycles. The molecule has 3 aromatic rings. The number of carbonyl (C=O) groups excluding carboxylic acids is 1. The predicted molar refractivity (Wildman–Crippen MR) is 137 cm³/mol. The zero-order valence-corrected chi connectivity index (χ0v) is 20.5. The average Bonchev–Trinajstić information content (AvgIpc) is 2.85. The van der Waals surface area contributed by atoms with Crippen molar-refractivity contribution in [3.05, 3.63) is 83.9 Å². The summed E-state index contributed by atoms with van der Waals surface area (Å²) in [7, 11) is -0.181. The third-order valence-electron chi connectivity index (χ3n) is 6.15. The van der Waals surface area contributed by atoms with Crippen LogP contribution in [0.1, 0.15) is 15.9 Å². The molecule has 0 spiro atoms. The van der Waals surface area contributed by atoms with Gasteiger partial charge in [-0.1, -0.05) is 23.8 Å². The van der Waals surface area contributed by atoms with Gasteiger partial charge in [-0.2, -0.15) is 0 Å². The summed E-state index contributed by atoms with van der Waals surface area (Å²) in [6.07, 6.45) is 0. The van der Waals surface area contributed by atoms with Gasteiger partial charge in [0.15, 0.2) is 0 Å². The van der Waals surface area contributed by atoms with Crippen LogP contribution in [0.15, 0.2) is 77.7 Å². The minimum absolute atomic E-state index is 0.0636. The molecule has 3 aromatic carbocycles. The number of piperazine rings is 1. The van der Waals surface area contributed by atoms with Crippen LogP contribution in [0.25, 0.3) is 0 Å². The van der Waals surface area contributed by atoms with Gasteiger partial charge in [0.1, 0.15) is 0 Å². The number of hydrogen-bond donors (Lipinski definition) is 1. The molecular formula is C26H30N4O3S. The summed E-state index contributed by atoms with van der Waals surface area (Å²) in [6.45, 7) is 5.94. The maximum absolute atomic E-state index is 13.1. The fourth-order valence-electron chi connectivity index (χ4n) is 3.87. The highest BCUT2D eigenvalue weighted by atomic mass is 32.2. The fourth-order valence-corrected chi connectivity index (χ4v) is 5.11. The Morgan fingerprint density at radius 2 is 1.56 bits per heavy atom. The van der Waals surface area contributed by atoms with Gasteiger partial charge in [0.2, 0.25) is 0 Å². The Labute approximate surface area is 201 Å². The van der Waals surface area contributed by atoms with E-state index in [1.54, 1.807) is 24.3 Å². The molecule has 1 aliphatic rings. The number of hydrogen-bond acceptors (Lipinski definition) is 5. The molecule has 0 aliphatic carbocycles. The van der Waals surface area contributed by atoms with Gasteiger partial charge in [0, 0.05) is 50.2 Å². The van der Waals surface area contributed by atoms with Gasteiger partial charge in [-0.3, -0.25) is 9.10 Å². The zero-order valence-electron chi connectivity index (χ0n) is 19.7. The Hall–Kier alpha value is -3.36. The van der Waals surface area contributed by atoms with Crippen molar-refractivity contribution >= 4 is 33.0 Å². The molecule has 1 saturated heterocycles. The molecule has 0 aromatic heterocycles. The summed E-state index contributed by atoms with van der Waals surface area (Å²) < 4.78 is 27.5. The number of anilines is 3. The van der Waals surface area contributed by atoms with Gasteiger partial charge in [-0.05, 0) is 68.6 Å². The number of likely N-dealkylation sites (N-methyl/N-ethyl adjacent to an activating group) is 1. The number of nitrogens with zero attached hydrogens (tertiary/aromatic N) is 3. The first-order chi connectivity index (χ1) is 16.2. The standard InChI is InChI=1S/C26H30N4O3S/c1-20-7-11-23(12-8-20)29(3)34(32,33)25-6-4-5-21(19-25)26(31)27-22-9-13-24(14-10-22)30-17-15-28(2)16-18-30/h4-14,19H,15-18H2,1-3H3,(H,27,31). The highest BCUT2D eigenvalue weighted by Gasteiger charge is 2.22. The molecule has 0 unspecified atom stereocenters. The summed E-state index contributed by atoms with van der Waals surface area (Å²) in [5, 5.41) is 2.87. The summed E-state index contributed by atoms with van der Waals surface area (Å²) in [5.41, 5.74) is 3.67. The number of sulfonamides is 1. The Kier molecular flexibility index (Phi) is 6.90. The summed E-state index contributed by atoms with van der Waals surface area (Å²) in [5.74, 6) is -0.359. The minimum Gasteiger partial charge on any atom is -0.369 e. The van der Waals surface area contributed by atoms with Crippen molar-refractivity contribution in [1.29, 1.82) is 0 Å². The predicted octanol–water partition coefficient (Wildman–Crippen LogP) is 3.82. The van der Waals surface area contributed by atoms with Gasteiger partial charge in [0.25, 0.3) is 15.9 Å². The van der Waals surface area contributed by atoms with Crippen molar-refractivity contribution in [2.75, 3.05) is 54.8 Å². The van der Waals surface area contributed by atoms with Crippen molar-refractivity contribution in [1.82, 2.24) is 4.90 Å². The molecule has 178 valence electrons. The quantitative estimate of drug-likeness (QED) is 0.583. The Bertz CT molecular complexity index is 1250. The van der Waals surface area contributed by atoms with Crippen molar-refractivity contribution in [3.8, 4) is 0 Å². The van der Waals surface area contributed by atoms with Crippen LogP contribution in [-0.2, 0) is 10.0 Å². The molecule has 1 aliphatic heterocycles. The van der Waals surface area contributed by atoms with E-state index in [2.05, 4.69) is 22.2 Å². The molecule has 8 heteroatoms. The highest BCUT2D eigenvalue weighted by Crippen LogP contribution is 2.24. The van der Waals surface area contributed by atoms with E-state index in [-0.39, 0.29) is 16.4 Å². The molecule has 4 rings (SSSR count). The van der Waals surface area contributed by atoms with E-state index in [0.29, 0.717) is 11.4 Å². The van der Waals surface area contributed by atoms with Crippen LogP contribution >= 0.6 is 0 Å². The number of rotatable bonds is 6. The zero-order chi connectivity index (χ0) is 24.3. The average molecular weight is 479 g/mol. The lowest BCUT2D eigenvalue weighted by molar-refractivity contribution is 0.102. The fraction of sp³-hybridized carbons (Fsp3) is 0.269. The first-order valence-electron chi connectivity index (χ1n) is 11.2. The van der Waals surface area contributed by atoms with Gasteiger partial charge >= 0.3 is 0 Å². The van der Waals surface area contributed by atoms with Crippen LogP contribution in [0.5, 0.6) is 0 Å². The van der Waals surface area contributed by atoms with Gasteiger partial charge in [0.05, 0.1) is 10.6 Å². The van der Waals surface area contributed by atoms with Gasteiger partial charge in [-0.15, -0.1) is 0 Å². The third kappa shape index (κ3) is 5.24. The number of aryl methyl sites for hydroxylation is 1. The summed E-state index contributed by atoms with van der Waals surface area (Å²) in [4.78, 5) is 17.5. The lowest BCUT2D eigenvalue weighted by Crippen LogP contribution is -2.44. The molecule has 0 bridgehead atoms. The van der Waals surface area contributed by atoms with Crippen molar-refractivity contribution in [2.45, 2.75) is 11.8 Å². The van der Waals surface area contributed by atoms with E-state index in [9.17, 15) is 13.2 Å². The van der Waals surface area contributed by atoms with Crippen LogP contribution in [0.3, 0.4) is 0 Å². The Balaban J connectivity index is 1.47. The molecule has 34 heavy (non-hydrogen) atoms. The van der Waals surface area contributed by atoms with Gasteiger partial charge in [-0.25, -0.2) is 8.42 Å². The van der Waals surface area contributed by atoms with Crippen molar-refractivity contribution in [3.63, 3.8) is 0 Å². The Morgan fingerprint density at radius 3 is 2.21 bits per heavy atom. The maximum Gasteiger partial charge on any atom is 0.264 e. The molecule has 1 fully saturated rings. The summed E-state index contributed by atoms with van der Waals surface area (Å²) >= 11 is 0. The first-order valence-corrected chi connectivity index (χ1v) is 12.7. The molecule has 1 N–H and O–H groups in total. The van der Waals surface area contributed by atoms with Gasteiger partial charge < -0.3 is 15.1 Å². The molecule has 1 amide bonds. The lowest BCUT2D eigenvalue weighted by atomic mass is 10.2. The lowest BCUT2D eigenvalue weighted by Gasteiger charge is -2.34. The van der Waals surface area contributed by atoms with Crippen molar-refractivity contribution in [2.24, 2.45) is 0 Å². The first kappa shape index (κ1) is 23.8. The topological polar surface area (TPSA) is 73.0 Å². The van der Waals surface area contributed by atoms with E-state index < -0.39 is 10.0 Å². The highest BCUT2D eigenvalue weighted by molar-refractivity contribution is 7.92. The van der Waals surface area contributed by atoms with Crippen LogP contribution in [-0.4, -0.2) is 59.5 Å². The number of amides is 1. The van der Waals surface area contributed by atoms with Crippen LogP contribution in [0, 0.1) is 6.92 Å². The van der Waals surface area contributed by atoms with E-state index in [1.165, 1.54) is 23.5 Å². The van der Waals surface area contributed by atoms with Crippen LogP contribution < -0.4 is 14.5 Å². The van der Waals surface area contributed by atoms with E-state index >= 15 is 0 Å². The number of nitrogens with one attached hydrogen (secondary N) is 1. The molecule has 0 atom stereocenters.